The second-order valence-electron chi connectivity index (χ2n) is 11.6. The molecule has 5 heteroatoms. The van der Waals surface area contributed by atoms with Crippen molar-refractivity contribution in [2.75, 3.05) is 0 Å². The highest BCUT2D eigenvalue weighted by molar-refractivity contribution is 6.16. The average Bonchev–Trinajstić information content (AvgIpc) is 3.51. The Kier molecular flexibility index (Phi) is 6.39. The van der Waals surface area contributed by atoms with Gasteiger partial charge in [0.15, 0.2) is 17.5 Å². The van der Waals surface area contributed by atoms with Gasteiger partial charge in [-0.3, -0.25) is 4.98 Å². The first-order valence-corrected chi connectivity index (χ1v) is 15.5. The van der Waals surface area contributed by atoms with Crippen molar-refractivity contribution in [3.8, 4) is 56.4 Å². The molecular weight excluding hydrogens is 576 g/mol. The van der Waals surface area contributed by atoms with Crippen LogP contribution in [0.15, 0.2) is 162 Å². The highest BCUT2D eigenvalue weighted by atomic mass is 16.3. The van der Waals surface area contributed by atoms with E-state index in [-0.39, 0.29) is 0 Å². The van der Waals surface area contributed by atoms with Crippen LogP contribution >= 0.6 is 0 Å². The van der Waals surface area contributed by atoms with Crippen molar-refractivity contribution in [1.29, 1.82) is 0 Å². The molecule has 0 atom stereocenters. The Labute approximate surface area is 270 Å². The molecule has 3 heterocycles. The largest absolute Gasteiger partial charge is 0.456 e. The summed E-state index contributed by atoms with van der Waals surface area (Å²) in [6, 6.07) is 49.7. The number of rotatable bonds is 5. The lowest BCUT2D eigenvalue weighted by Crippen LogP contribution is -2.00. The van der Waals surface area contributed by atoms with E-state index in [2.05, 4.69) is 77.8 Å². The van der Waals surface area contributed by atoms with E-state index in [1.54, 1.807) is 6.20 Å². The number of hydrogen-bond acceptors (Lipinski definition) is 5. The van der Waals surface area contributed by atoms with Crippen LogP contribution in [0.4, 0.5) is 0 Å². The molecular formula is C42H26N4O. The van der Waals surface area contributed by atoms with Crippen LogP contribution in [0.25, 0.3) is 89.1 Å². The fourth-order valence-electron chi connectivity index (χ4n) is 6.24. The number of fused-ring (bicyclic) bond motifs is 4. The fourth-order valence-corrected chi connectivity index (χ4v) is 6.24. The van der Waals surface area contributed by atoms with E-state index >= 15 is 0 Å². The van der Waals surface area contributed by atoms with E-state index in [1.807, 2.05) is 79.0 Å². The first kappa shape index (κ1) is 26.9. The molecule has 47 heavy (non-hydrogen) atoms. The van der Waals surface area contributed by atoms with E-state index < -0.39 is 0 Å². The normalized spacial score (nSPS) is 11.4. The molecule has 0 spiro atoms. The van der Waals surface area contributed by atoms with Gasteiger partial charge in [-0.1, -0.05) is 115 Å². The standard InChI is InChI=1S/C42H26N4O/c1-4-10-27(11-5-1)28-16-18-29(19-17-28)33-22-36(39-35-23-34-26-43-21-20-32(34)24-37(35)47-38(39)25-33)42-45-40(30-12-6-2-7-13-30)44-41(46-42)31-14-8-3-9-15-31/h1-26H. The van der Waals surface area contributed by atoms with Crippen LogP contribution in [-0.4, -0.2) is 19.9 Å². The zero-order chi connectivity index (χ0) is 31.2. The zero-order valence-electron chi connectivity index (χ0n) is 25.2. The monoisotopic (exact) mass is 602 g/mol. The average molecular weight is 603 g/mol. The molecule has 3 aromatic heterocycles. The van der Waals surface area contributed by atoms with Gasteiger partial charge in [-0.2, -0.15) is 0 Å². The van der Waals surface area contributed by atoms with E-state index in [9.17, 15) is 0 Å². The molecule has 5 nitrogen and oxygen atoms in total. The quantitative estimate of drug-likeness (QED) is 0.196. The van der Waals surface area contributed by atoms with Crippen molar-refractivity contribution in [1.82, 2.24) is 19.9 Å². The minimum absolute atomic E-state index is 0.583. The summed E-state index contributed by atoms with van der Waals surface area (Å²) in [6.45, 7) is 0. The van der Waals surface area contributed by atoms with E-state index in [4.69, 9.17) is 19.4 Å². The SMILES string of the molecule is c1ccc(-c2ccc(-c3cc(-c4nc(-c5ccccc5)nc(-c5ccccc5)n4)c4c(c3)oc3cc5ccncc5cc34)cc2)cc1. The molecule has 0 fully saturated rings. The van der Waals surface area contributed by atoms with Crippen molar-refractivity contribution >= 4 is 32.7 Å². The van der Waals surface area contributed by atoms with E-state index in [0.717, 1.165) is 66.1 Å². The summed E-state index contributed by atoms with van der Waals surface area (Å²) in [4.78, 5) is 19.5. The minimum atomic E-state index is 0.583. The first-order chi connectivity index (χ1) is 23.3. The molecule has 0 unspecified atom stereocenters. The van der Waals surface area contributed by atoms with Crippen LogP contribution in [0.1, 0.15) is 0 Å². The Bertz CT molecular complexity index is 2490. The van der Waals surface area contributed by atoms with Crippen LogP contribution in [0.5, 0.6) is 0 Å². The topological polar surface area (TPSA) is 64.7 Å². The predicted octanol–water partition coefficient (Wildman–Crippen LogP) is 10.7. The Morgan fingerprint density at radius 2 is 0.957 bits per heavy atom. The van der Waals surface area contributed by atoms with Crippen molar-refractivity contribution in [2.24, 2.45) is 0 Å². The summed E-state index contributed by atoms with van der Waals surface area (Å²) in [5.74, 6) is 1.81. The summed E-state index contributed by atoms with van der Waals surface area (Å²) < 4.78 is 6.62. The number of hydrogen-bond donors (Lipinski definition) is 0. The summed E-state index contributed by atoms with van der Waals surface area (Å²) in [7, 11) is 0. The van der Waals surface area contributed by atoms with Crippen LogP contribution in [0.2, 0.25) is 0 Å². The maximum atomic E-state index is 6.62. The molecule has 6 aromatic carbocycles. The molecule has 0 amide bonds. The number of furan rings is 1. The lowest BCUT2D eigenvalue weighted by Gasteiger charge is -2.11. The number of nitrogens with zero attached hydrogens (tertiary/aromatic N) is 4. The van der Waals surface area contributed by atoms with Crippen molar-refractivity contribution in [2.45, 2.75) is 0 Å². The molecule has 0 aliphatic rings. The predicted molar refractivity (Wildman–Crippen MR) is 190 cm³/mol. The van der Waals surface area contributed by atoms with Gasteiger partial charge in [-0.25, -0.2) is 15.0 Å². The number of benzene rings is 6. The Balaban J connectivity index is 1.31. The Hall–Kier alpha value is -6.46. The third-order valence-electron chi connectivity index (χ3n) is 8.60. The van der Waals surface area contributed by atoms with Gasteiger partial charge in [-0.05, 0) is 58.0 Å². The zero-order valence-corrected chi connectivity index (χ0v) is 25.2. The van der Waals surface area contributed by atoms with Crippen molar-refractivity contribution in [3.63, 3.8) is 0 Å². The first-order valence-electron chi connectivity index (χ1n) is 15.5. The Morgan fingerprint density at radius 1 is 0.404 bits per heavy atom. The number of aromatic nitrogens is 4. The summed E-state index contributed by atoms with van der Waals surface area (Å²) in [6.07, 6.45) is 3.69. The summed E-state index contributed by atoms with van der Waals surface area (Å²) >= 11 is 0. The second kappa shape index (κ2) is 11.2. The lowest BCUT2D eigenvalue weighted by molar-refractivity contribution is 0.669. The molecule has 0 N–H and O–H groups in total. The van der Waals surface area contributed by atoms with E-state index in [0.29, 0.717) is 17.5 Å². The van der Waals surface area contributed by atoms with Crippen molar-refractivity contribution in [3.05, 3.63) is 158 Å². The maximum Gasteiger partial charge on any atom is 0.164 e. The van der Waals surface area contributed by atoms with Gasteiger partial charge < -0.3 is 4.42 Å². The van der Waals surface area contributed by atoms with Crippen LogP contribution in [0.3, 0.4) is 0 Å². The molecule has 0 aliphatic heterocycles. The molecule has 0 aliphatic carbocycles. The fraction of sp³-hybridized carbons (Fsp3) is 0. The maximum absolute atomic E-state index is 6.62. The van der Waals surface area contributed by atoms with Gasteiger partial charge in [0.25, 0.3) is 0 Å². The third kappa shape index (κ3) is 4.91. The van der Waals surface area contributed by atoms with Gasteiger partial charge in [0.2, 0.25) is 0 Å². The molecule has 0 bridgehead atoms. The van der Waals surface area contributed by atoms with Gasteiger partial charge in [0.05, 0.1) is 0 Å². The third-order valence-corrected chi connectivity index (χ3v) is 8.60. The van der Waals surface area contributed by atoms with Gasteiger partial charge in [0.1, 0.15) is 11.2 Å². The molecule has 0 saturated heterocycles. The molecule has 220 valence electrons. The van der Waals surface area contributed by atoms with Gasteiger partial charge in [0, 0.05) is 45.2 Å². The minimum Gasteiger partial charge on any atom is -0.456 e. The molecule has 9 aromatic rings. The van der Waals surface area contributed by atoms with Crippen LogP contribution < -0.4 is 0 Å². The molecule has 9 rings (SSSR count). The van der Waals surface area contributed by atoms with Gasteiger partial charge in [-0.15, -0.1) is 0 Å². The lowest BCUT2D eigenvalue weighted by atomic mass is 9.96. The van der Waals surface area contributed by atoms with Crippen LogP contribution in [0, 0.1) is 0 Å². The highest BCUT2D eigenvalue weighted by Crippen LogP contribution is 2.41. The van der Waals surface area contributed by atoms with Gasteiger partial charge >= 0.3 is 0 Å². The number of pyridine rings is 1. The van der Waals surface area contributed by atoms with Crippen LogP contribution in [-0.2, 0) is 0 Å². The molecule has 0 saturated carbocycles. The van der Waals surface area contributed by atoms with Crippen molar-refractivity contribution < 1.29 is 4.42 Å². The van der Waals surface area contributed by atoms with E-state index in [1.165, 1.54) is 5.56 Å². The second-order valence-corrected chi connectivity index (χ2v) is 11.6. The molecule has 0 radical (unpaired) electrons. The highest BCUT2D eigenvalue weighted by Gasteiger charge is 2.20. The summed E-state index contributed by atoms with van der Waals surface area (Å²) in [5.41, 5.74) is 8.73. The Morgan fingerprint density at radius 3 is 1.60 bits per heavy atom. The summed E-state index contributed by atoms with van der Waals surface area (Å²) in [5, 5.41) is 4.06. The smallest absolute Gasteiger partial charge is 0.164 e.